The van der Waals surface area contributed by atoms with E-state index in [1.165, 1.54) is 38.8 Å². The van der Waals surface area contributed by atoms with Crippen LogP contribution in [0, 0.1) is 11.3 Å². The van der Waals surface area contributed by atoms with E-state index in [1.807, 2.05) is 0 Å². The Morgan fingerprint density at radius 1 is 1.29 bits per heavy atom. The first-order chi connectivity index (χ1) is 6.62. The fourth-order valence-electron chi connectivity index (χ4n) is 3.27. The molecule has 2 N–H and O–H groups in total. The Labute approximate surface area is 87.8 Å². The van der Waals surface area contributed by atoms with E-state index in [4.69, 9.17) is 5.73 Å². The molecule has 0 aromatic rings. The number of likely N-dealkylation sites (tertiary alicyclic amines) is 1. The van der Waals surface area contributed by atoms with E-state index in [9.17, 15) is 0 Å². The number of nitrogens with zero attached hydrogens (tertiary/aromatic N) is 1. The van der Waals surface area contributed by atoms with Gasteiger partial charge in [-0.15, -0.1) is 0 Å². The molecule has 0 bridgehead atoms. The summed E-state index contributed by atoms with van der Waals surface area (Å²) in [6, 6.07) is 0.686. The van der Waals surface area contributed by atoms with Gasteiger partial charge in [-0.05, 0) is 24.2 Å². The molecule has 82 valence electrons. The highest BCUT2D eigenvalue weighted by atomic mass is 15.2. The summed E-state index contributed by atoms with van der Waals surface area (Å²) < 4.78 is 0. The van der Waals surface area contributed by atoms with Crippen LogP contribution < -0.4 is 5.73 Å². The number of hydrogen-bond donors (Lipinski definition) is 1. The molecule has 0 aromatic heterocycles. The molecule has 1 aliphatic heterocycles. The Kier molecular flexibility index (Phi) is 2.85. The number of hydrogen-bond acceptors (Lipinski definition) is 2. The predicted octanol–water partition coefficient (Wildman–Crippen LogP) is 1.85. The Morgan fingerprint density at radius 2 is 1.86 bits per heavy atom. The van der Waals surface area contributed by atoms with Crippen LogP contribution in [0.5, 0.6) is 0 Å². The van der Waals surface area contributed by atoms with Gasteiger partial charge in [-0.3, -0.25) is 4.90 Å². The molecule has 1 unspecified atom stereocenters. The highest BCUT2D eigenvalue weighted by molar-refractivity contribution is 4.95. The zero-order valence-electron chi connectivity index (χ0n) is 9.63. The average Bonchev–Trinajstić information content (AvgIpc) is 2.55. The van der Waals surface area contributed by atoms with Gasteiger partial charge in [-0.2, -0.15) is 0 Å². The van der Waals surface area contributed by atoms with E-state index in [0.29, 0.717) is 11.5 Å². The maximum absolute atomic E-state index is 5.91. The number of rotatable bonds is 3. The van der Waals surface area contributed by atoms with Gasteiger partial charge in [0.15, 0.2) is 0 Å². The standard InChI is InChI=1S/C12H24N2/c1-12(2)8-14(9-12)11(7-13)10-5-3-4-6-10/h10-11H,3-9,13H2,1-2H3. The summed E-state index contributed by atoms with van der Waals surface area (Å²) in [5, 5.41) is 0. The van der Waals surface area contributed by atoms with E-state index < -0.39 is 0 Å². The largest absolute Gasteiger partial charge is 0.329 e. The van der Waals surface area contributed by atoms with Crippen LogP contribution in [0.1, 0.15) is 39.5 Å². The molecule has 2 fully saturated rings. The topological polar surface area (TPSA) is 29.3 Å². The van der Waals surface area contributed by atoms with Crippen molar-refractivity contribution in [3.8, 4) is 0 Å². The highest BCUT2D eigenvalue weighted by Crippen LogP contribution is 2.36. The second-order valence-corrected chi connectivity index (χ2v) is 5.92. The fourth-order valence-corrected chi connectivity index (χ4v) is 3.27. The van der Waals surface area contributed by atoms with Crippen molar-refractivity contribution in [2.45, 2.75) is 45.6 Å². The summed E-state index contributed by atoms with van der Waals surface area (Å²) >= 11 is 0. The molecule has 2 aliphatic rings. The third-order valence-electron chi connectivity index (χ3n) is 3.92. The van der Waals surface area contributed by atoms with E-state index in [-0.39, 0.29) is 0 Å². The lowest BCUT2D eigenvalue weighted by Gasteiger charge is -2.51. The van der Waals surface area contributed by atoms with Gasteiger partial charge in [-0.25, -0.2) is 0 Å². The maximum atomic E-state index is 5.91. The highest BCUT2D eigenvalue weighted by Gasteiger charge is 2.40. The number of nitrogens with two attached hydrogens (primary N) is 1. The molecule has 0 spiro atoms. The molecule has 1 saturated carbocycles. The van der Waals surface area contributed by atoms with Crippen molar-refractivity contribution >= 4 is 0 Å². The quantitative estimate of drug-likeness (QED) is 0.746. The monoisotopic (exact) mass is 196 g/mol. The Morgan fingerprint density at radius 3 is 2.29 bits per heavy atom. The summed E-state index contributed by atoms with van der Waals surface area (Å²) in [6.45, 7) is 8.08. The summed E-state index contributed by atoms with van der Waals surface area (Å²) in [5.41, 5.74) is 6.46. The minimum absolute atomic E-state index is 0.548. The third kappa shape index (κ3) is 1.96. The van der Waals surface area contributed by atoms with Crippen molar-refractivity contribution in [1.29, 1.82) is 0 Å². The normalized spacial score (nSPS) is 30.2. The van der Waals surface area contributed by atoms with Gasteiger partial charge < -0.3 is 5.73 Å². The molecule has 1 aliphatic carbocycles. The SMILES string of the molecule is CC1(C)CN(C(CN)C2CCCC2)C1. The summed E-state index contributed by atoms with van der Waals surface area (Å²) in [4.78, 5) is 2.61. The van der Waals surface area contributed by atoms with Gasteiger partial charge in [0.25, 0.3) is 0 Å². The van der Waals surface area contributed by atoms with Crippen molar-refractivity contribution in [2.24, 2.45) is 17.1 Å². The predicted molar refractivity (Wildman–Crippen MR) is 60.2 cm³/mol. The lowest BCUT2D eigenvalue weighted by atomic mass is 9.81. The first-order valence-electron chi connectivity index (χ1n) is 6.06. The van der Waals surface area contributed by atoms with Crippen molar-refractivity contribution < 1.29 is 0 Å². The molecule has 1 saturated heterocycles. The van der Waals surface area contributed by atoms with E-state index in [0.717, 1.165) is 12.5 Å². The Hall–Kier alpha value is -0.0800. The second-order valence-electron chi connectivity index (χ2n) is 5.92. The van der Waals surface area contributed by atoms with Gasteiger partial charge in [0.05, 0.1) is 0 Å². The van der Waals surface area contributed by atoms with Gasteiger partial charge in [0.2, 0.25) is 0 Å². The maximum Gasteiger partial charge on any atom is 0.0247 e. The molecular weight excluding hydrogens is 172 g/mol. The molecule has 1 heterocycles. The smallest absolute Gasteiger partial charge is 0.0247 e. The van der Waals surface area contributed by atoms with Crippen molar-refractivity contribution in [2.75, 3.05) is 19.6 Å². The van der Waals surface area contributed by atoms with Crippen molar-refractivity contribution in [3.05, 3.63) is 0 Å². The van der Waals surface area contributed by atoms with Gasteiger partial charge in [-0.1, -0.05) is 26.7 Å². The molecule has 1 atom stereocenters. The van der Waals surface area contributed by atoms with Gasteiger partial charge in [0.1, 0.15) is 0 Å². The van der Waals surface area contributed by atoms with Crippen LogP contribution in [0.4, 0.5) is 0 Å². The molecule has 2 rings (SSSR count). The van der Waals surface area contributed by atoms with Gasteiger partial charge in [0, 0.05) is 25.7 Å². The zero-order chi connectivity index (χ0) is 10.2. The van der Waals surface area contributed by atoms with Crippen LogP contribution in [0.3, 0.4) is 0 Å². The van der Waals surface area contributed by atoms with E-state index >= 15 is 0 Å². The summed E-state index contributed by atoms with van der Waals surface area (Å²) in [6.07, 6.45) is 5.69. The molecule has 0 radical (unpaired) electrons. The first kappa shape index (κ1) is 10.4. The van der Waals surface area contributed by atoms with Crippen LogP contribution in [0.25, 0.3) is 0 Å². The van der Waals surface area contributed by atoms with Crippen LogP contribution in [-0.4, -0.2) is 30.6 Å². The molecular formula is C12H24N2. The van der Waals surface area contributed by atoms with Crippen LogP contribution in [0.2, 0.25) is 0 Å². The zero-order valence-corrected chi connectivity index (χ0v) is 9.63. The summed E-state index contributed by atoms with van der Waals surface area (Å²) in [7, 11) is 0. The average molecular weight is 196 g/mol. The minimum Gasteiger partial charge on any atom is -0.329 e. The van der Waals surface area contributed by atoms with Crippen LogP contribution in [-0.2, 0) is 0 Å². The first-order valence-corrected chi connectivity index (χ1v) is 6.06. The fraction of sp³-hybridized carbons (Fsp3) is 1.00. The Balaban J connectivity index is 1.87. The van der Waals surface area contributed by atoms with Crippen molar-refractivity contribution in [3.63, 3.8) is 0 Å². The second kappa shape index (κ2) is 3.82. The third-order valence-corrected chi connectivity index (χ3v) is 3.92. The Bertz CT molecular complexity index is 186. The summed E-state index contributed by atoms with van der Waals surface area (Å²) in [5.74, 6) is 0.899. The molecule has 0 amide bonds. The molecule has 2 heteroatoms. The molecule has 0 aromatic carbocycles. The lowest BCUT2D eigenvalue weighted by Crippen LogP contribution is -2.60. The molecule has 2 nitrogen and oxygen atoms in total. The lowest BCUT2D eigenvalue weighted by molar-refractivity contribution is -0.0219. The van der Waals surface area contributed by atoms with E-state index in [1.54, 1.807) is 0 Å². The van der Waals surface area contributed by atoms with Crippen LogP contribution in [0.15, 0.2) is 0 Å². The molecule has 14 heavy (non-hydrogen) atoms. The van der Waals surface area contributed by atoms with Crippen LogP contribution >= 0.6 is 0 Å². The van der Waals surface area contributed by atoms with Crippen molar-refractivity contribution in [1.82, 2.24) is 4.90 Å². The van der Waals surface area contributed by atoms with E-state index in [2.05, 4.69) is 18.7 Å². The van der Waals surface area contributed by atoms with Gasteiger partial charge >= 0.3 is 0 Å². The minimum atomic E-state index is 0.548.